The number of likely N-dealkylation sites (N-methyl/N-ethyl adjacent to an activating group) is 1. The first-order valence-corrected chi connectivity index (χ1v) is 6.52. The lowest BCUT2D eigenvalue weighted by Crippen LogP contribution is -2.35. The second-order valence-corrected chi connectivity index (χ2v) is 4.86. The molecule has 1 N–H and O–H groups in total. The normalized spacial score (nSPS) is 14.9. The van der Waals surface area contributed by atoms with E-state index in [1.807, 2.05) is 32.2 Å². The predicted octanol–water partition coefficient (Wildman–Crippen LogP) is 3.66. The average molecular weight is 256 g/mol. The molecule has 0 aliphatic carbocycles. The van der Waals surface area contributed by atoms with Crippen molar-refractivity contribution in [2.75, 3.05) is 13.7 Å². The lowest BCUT2D eigenvalue weighted by Gasteiger charge is -2.30. The summed E-state index contributed by atoms with van der Waals surface area (Å²) < 4.78 is 5.84. The Bertz CT molecular complexity index is 341. The first kappa shape index (κ1) is 14.5. The molecular weight excluding hydrogens is 234 g/mol. The molecule has 0 spiro atoms. The molecule has 1 aromatic carbocycles. The van der Waals surface area contributed by atoms with Crippen molar-refractivity contribution >= 4 is 11.6 Å². The van der Waals surface area contributed by atoms with Gasteiger partial charge in [0.1, 0.15) is 0 Å². The fourth-order valence-corrected chi connectivity index (χ4v) is 2.34. The van der Waals surface area contributed by atoms with Crippen molar-refractivity contribution in [3.8, 4) is 0 Å². The van der Waals surface area contributed by atoms with E-state index in [-0.39, 0.29) is 12.1 Å². The zero-order valence-electron chi connectivity index (χ0n) is 11.0. The maximum atomic E-state index is 6.25. The van der Waals surface area contributed by atoms with Gasteiger partial charge in [0.05, 0.1) is 12.1 Å². The predicted molar refractivity (Wildman–Crippen MR) is 73.5 cm³/mol. The Morgan fingerprint density at radius 3 is 2.41 bits per heavy atom. The minimum absolute atomic E-state index is 0.128. The van der Waals surface area contributed by atoms with Crippen LogP contribution in [-0.4, -0.2) is 19.8 Å². The van der Waals surface area contributed by atoms with Crippen LogP contribution < -0.4 is 5.32 Å². The maximum Gasteiger partial charge on any atom is 0.0792 e. The minimum Gasteiger partial charge on any atom is -0.376 e. The molecule has 2 nitrogen and oxygen atoms in total. The van der Waals surface area contributed by atoms with Gasteiger partial charge in [-0.15, -0.1) is 0 Å². The molecule has 1 rings (SSSR count). The van der Waals surface area contributed by atoms with Gasteiger partial charge in [-0.2, -0.15) is 0 Å². The van der Waals surface area contributed by atoms with Crippen molar-refractivity contribution in [1.82, 2.24) is 5.32 Å². The lowest BCUT2D eigenvalue weighted by atomic mass is 9.93. The van der Waals surface area contributed by atoms with Crippen molar-refractivity contribution in [2.45, 2.75) is 32.9 Å². The molecule has 0 saturated heterocycles. The third-order valence-corrected chi connectivity index (χ3v) is 3.24. The molecule has 17 heavy (non-hydrogen) atoms. The Morgan fingerprint density at radius 2 is 1.94 bits per heavy atom. The molecule has 0 aliphatic rings. The van der Waals surface area contributed by atoms with Gasteiger partial charge in [0.25, 0.3) is 0 Å². The highest BCUT2D eigenvalue weighted by molar-refractivity contribution is 6.31. The standard InChI is InChI=1S/C14H22ClNO/c1-5-17-14(10(2)3)13(16-4)11-8-6-7-9-12(11)15/h6-10,13-14,16H,5H2,1-4H3. The van der Waals surface area contributed by atoms with E-state index in [1.165, 1.54) is 0 Å². The second kappa shape index (κ2) is 7.00. The smallest absolute Gasteiger partial charge is 0.0792 e. The number of benzene rings is 1. The van der Waals surface area contributed by atoms with Crippen molar-refractivity contribution in [1.29, 1.82) is 0 Å². The summed E-state index contributed by atoms with van der Waals surface area (Å²) in [5.74, 6) is 0.434. The van der Waals surface area contributed by atoms with Crippen molar-refractivity contribution in [3.63, 3.8) is 0 Å². The number of nitrogens with one attached hydrogen (secondary N) is 1. The lowest BCUT2D eigenvalue weighted by molar-refractivity contribution is 0.00462. The molecule has 3 heteroatoms. The van der Waals surface area contributed by atoms with Gasteiger partial charge >= 0.3 is 0 Å². The Kier molecular flexibility index (Phi) is 5.96. The third kappa shape index (κ3) is 3.70. The van der Waals surface area contributed by atoms with Crippen molar-refractivity contribution in [2.24, 2.45) is 5.92 Å². The largest absolute Gasteiger partial charge is 0.376 e. The van der Waals surface area contributed by atoms with E-state index in [0.717, 1.165) is 10.6 Å². The number of rotatable bonds is 6. The molecule has 0 fully saturated rings. The van der Waals surface area contributed by atoms with E-state index < -0.39 is 0 Å². The molecular formula is C14H22ClNO. The average Bonchev–Trinajstić information content (AvgIpc) is 2.31. The highest BCUT2D eigenvalue weighted by atomic mass is 35.5. The van der Waals surface area contributed by atoms with Crippen LogP contribution in [0, 0.1) is 5.92 Å². The summed E-state index contributed by atoms with van der Waals surface area (Å²) in [5, 5.41) is 4.11. The van der Waals surface area contributed by atoms with Crippen LogP contribution in [0.4, 0.5) is 0 Å². The van der Waals surface area contributed by atoms with Crippen LogP contribution in [0.1, 0.15) is 32.4 Å². The van der Waals surface area contributed by atoms with Crippen molar-refractivity contribution in [3.05, 3.63) is 34.9 Å². The Labute approximate surface area is 109 Å². The maximum absolute atomic E-state index is 6.25. The molecule has 0 saturated carbocycles. The van der Waals surface area contributed by atoms with Crippen LogP contribution in [0.3, 0.4) is 0 Å². The Hall–Kier alpha value is -0.570. The van der Waals surface area contributed by atoms with Crippen LogP contribution in [0.2, 0.25) is 5.02 Å². The molecule has 0 bridgehead atoms. The van der Waals surface area contributed by atoms with E-state index in [4.69, 9.17) is 16.3 Å². The second-order valence-electron chi connectivity index (χ2n) is 4.45. The molecule has 96 valence electrons. The van der Waals surface area contributed by atoms with E-state index >= 15 is 0 Å². The summed E-state index contributed by atoms with van der Waals surface area (Å²) in [5.41, 5.74) is 1.10. The number of halogens is 1. The van der Waals surface area contributed by atoms with Gasteiger partial charge in [0.2, 0.25) is 0 Å². The van der Waals surface area contributed by atoms with E-state index in [2.05, 4.69) is 25.2 Å². The number of ether oxygens (including phenoxy) is 1. The molecule has 0 aliphatic heterocycles. The van der Waals surface area contributed by atoms with Gasteiger partial charge in [-0.1, -0.05) is 43.6 Å². The number of hydrogen-bond donors (Lipinski definition) is 1. The third-order valence-electron chi connectivity index (χ3n) is 2.90. The Morgan fingerprint density at radius 1 is 1.29 bits per heavy atom. The molecule has 0 radical (unpaired) electrons. The van der Waals surface area contributed by atoms with Gasteiger partial charge in [-0.05, 0) is 31.5 Å². The van der Waals surface area contributed by atoms with E-state index in [0.29, 0.717) is 12.5 Å². The monoisotopic (exact) mass is 255 g/mol. The van der Waals surface area contributed by atoms with Gasteiger partial charge in [0, 0.05) is 11.6 Å². The summed E-state index contributed by atoms with van der Waals surface area (Å²) in [6.45, 7) is 7.07. The van der Waals surface area contributed by atoms with E-state index in [1.54, 1.807) is 0 Å². The first-order chi connectivity index (χ1) is 8.11. The van der Waals surface area contributed by atoms with Crippen LogP contribution in [-0.2, 0) is 4.74 Å². The summed E-state index contributed by atoms with van der Waals surface area (Å²) >= 11 is 6.25. The fraction of sp³-hybridized carbons (Fsp3) is 0.571. The fourth-order valence-electron chi connectivity index (χ4n) is 2.09. The summed E-state index contributed by atoms with van der Waals surface area (Å²) in [7, 11) is 1.95. The van der Waals surface area contributed by atoms with Crippen LogP contribution in [0.25, 0.3) is 0 Å². The van der Waals surface area contributed by atoms with Crippen LogP contribution in [0.5, 0.6) is 0 Å². The van der Waals surface area contributed by atoms with Gasteiger partial charge in [-0.3, -0.25) is 0 Å². The SMILES string of the molecule is CCOC(C(C)C)C(NC)c1ccccc1Cl. The molecule has 1 aromatic rings. The molecule has 0 aromatic heterocycles. The van der Waals surface area contributed by atoms with Gasteiger partial charge in [-0.25, -0.2) is 0 Å². The molecule has 2 unspecified atom stereocenters. The van der Waals surface area contributed by atoms with Crippen LogP contribution in [0.15, 0.2) is 24.3 Å². The highest BCUT2D eigenvalue weighted by Gasteiger charge is 2.26. The molecule has 0 heterocycles. The van der Waals surface area contributed by atoms with Crippen molar-refractivity contribution < 1.29 is 4.74 Å². The van der Waals surface area contributed by atoms with Crippen LogP contribution >= 0.6 is 11.6 Å². The number of hydrogen-bond acceptors (Lipinski definition) is 2. The minimum atomic E-state index is 0.128. The zero-order chi connectivity index (χ0) is 12.8. The van der Waals surface area contributed by atoms with Gasteiger partial charge in [0.15, 0.2) is 0 Å². The van der Waals surface area contributed by atoms with E-state index in [9.17, 15) is 0 Å². The summed E-state index contributed by atoms with van der Waals surface area (Å²) in [6.07, 6.45) is 0.130. The summed E-state index contributed by atoms with van der Waals surface area (Å²) in [4.78, 5) is 0. The molecule has 0 amide bonds. The summed E-state index contributed by atoms with van der Waals surface area (Å²) in [6, 6.07) is 8.06. The Balaban J connectivity index is 3.00. The zero-order valence-corrected chi connectivity index (χ0v) is 11.8. The van der Waals surface area contributed by atoms with Gasteiger partial charge < -0.3 is 10.1 Å². The molecule has 2 atom stereocenters. The highest BCUT2D eigenvalue weighted by Crippen LogP contribution is 2.29. The quantitative estimate of drug-likeness (QED) is 0.838. The topological polar surface area (TPSA) is 21.3 Å². The first-order valence-electron chi connectivity index (χ1n) is 6.15.